The first kappa shape index (κ1) is 18.8. The van der Waals surface area contributed by atoms with Crippen LogP contribution < -0.4 is 16.4 Å². The van der Waals surface area contributed by atoms with Crippen molar-refractivity contribution in [3.63, 3.8) is 0 Å². The number of nitrogens with two attached hydrogens (primary N) is 1. The van der Waals surface area contributed by atoms with Crippen LogP contribution in [0.25, 0.3) is 0 Å². The fraction of sp³-hybridized carbons (Fsp3) is 0.667. The molecule has 2 unspecified atom stereocenters. The Morgan fingerprint density at radius 1 is 1.10 bits per heavy atom. The number of carboxylic acid groups (broad SMARTS) is 2. The molecule has 0 rings (SSSR count). The van der Waals surface area contributed by atoms with Gasteiger partial charge in [0.2, 0.25) is 11.8 Å². The summed E-state index contributed by atoms with van der Waals surface area (Å²) in [5, 5.41) is 22.2. The fourth-order valence-electron chi connectivity index (χ4n) is 1.56. The van der Waals surface area contributed by atoms with E-state index in [1.54, 1.807) is 13.8 Å². The van der Waals surface area contributed by atoms with E-state index in [9.17, 15) is 19.2 Å². The molecule has 2 atom stereocenters. The van der Waals surface area contributed by atoms with Gasteiger partial charge in [0.25, 0.3) is 0 Å². The molecular weight excluding hydrogens is 282 g/mol. The smallest absolute Gasteiger partial charge is 0.326 e. The molecule has 9 heteroatoms. The number of aliphatic carboxylic acids is 2. The largest absolute Gasteiger partial charge is 0.481 e. The molecule has 0 aliphatic carbocycles. The average molecular weight is 303 g/mol. The second-order valence-electron chi connectivity index (χ2n) is 4.83. The van der Waals surface area contributed by atoms with Crippen molar-refractivity contribution in [2.45, 2.75) is 38.8 Å². The quantitative estimate of drug-likeness (QED) is 0.347. The van der Waals surface area contributed by atoms with Crippen LogP contribution in [-0.4, -0.2) is 52.6 Å². The van der Waals surface area contributed by atoms with Gasteiger partial charge in [0, 0.05) is 6.42 Å². The van der Waals surface area contributed by atoms with Gasteiger partial charge in [-0.3, -0.25) is 14.4 Å². The zero-order chi connectivity index (χ0) is 16.6. The molecule has 0 spiro atoms. The Labute approximate surface area is 121 Å². The van der Waals surface area contributed by atoms with Crippen LogP contribution in [0, 0.1) is 5.92 Å². The third-order valence-electron chi connectivity index (χ3n) is 2.71. The van der Waals surface area contributed by atoms with Crippen LogP contribution in [-0.2, 0) is 19.2 Å². The van der Waals surface area contributed by atoms with Crippen molar-refractivity contribution in [1.82, 2.24) is 10.6 Å². The van der Waals surface area contributed by atoms with Crippen LogP contribution in [0.4, 0.5) is 0 Å². The molecule has 2 amide bonds. The lowest BCUT2D eigenvalue weighted by Gasteiger charge is -2.22. The Morgan fingerprint density at radius 3 is 2.05 bits per heavy atom. The summed E-state index contributed by atoms with van der Waals surface area (Å²) in [6.07, 6.45) is -0.500. The van der Waals surface area contributed by atoms with Crippen molar-refractivity contribution in [3.8, 4) is 0 Å². The first-order chi connectivity index (χ1) is 9.68. The maximum atomic E-state index is 12.0. The predicted octanol–water partition coefficient (Wildman–Crippen LogP) is -1.48. The van der Waals surface area contributed by atoms with Gasteiger partial charge in [0.15, 0.2) is 0 Å². The number of carbonyl (C=O) groups excluding carboxylic acids is 2. The van der Waals surface area contributed by atoms with Gasteiger partial charge in [0.05, 0.1) is 6.54 Å². The highest BCUT2D eigenvalue weighted by Crippen LogP contribution is 2.04. The Hall–Kier alpha value is -2.16. The summed E-state index contributed by atoms with van der Waals surface area (Å²) in [7, 11) is 0. The SMILES string of the molecule is CC(C)C(NC(=O)C(CCC(=O)O)NC(=O)CN)C(=O)O. The lowest BCUT2D eigenvalue weighted by atomic mass is 10.0. The molecule has 9 nitrogen and oxygen atoms in total. The summed E-state index contributed by atoms with van der Waals surface area (Å²) < 4.78 is 0. The molecule has 120 valence electrons. The van der Waals surface area contributed by atoms with Crippen molar-refractivity contribution in [2.24, 2.45) is 11.7 Å². The van der Waals surface area contributed by atoms with Crippen LogP contribution >= 0.6 is 0 Å². The van der Waals surface area contributed by atoms with E-state index in [-0.39, 0.29) is 25.3 Å². The molecule has 0 bridgehead atoms. The number of carbonyl (C=O) groups is 4. The van der Waals surface area contributed by atoms with Gasteiger partial charge in [-0.2, -0.15) is 0 Å². The van der Waals surface area contributed by atoms with Crippen molar-refractivity contribution >= 4 is 23.8 Å². The van der Waals surface area contributed by atoms with Crippen molar-refractivity contribution < 1.29 is 29.4 Å². The van der Waals surface area contributed by atoms with Crippen LogP contribution in [0.5, 0.6) is 0 Å². The number of carboxylic acids is 2. The highest BCUT2D eigenvalue weighted by Gasteiger charge is 2.28. The number of hydrogen-bond acceptors (Lipinski definition) is 5. The highest BCUT2D eigenvalue weighted by molar-refractivity contribution is 5.91. The van der Waals surface area contributed by atoms with E-state index in [2.05, 4.69) is 10.6 Å². The lowest BCUT2D eigenvalue weighted by Crippen LogP contribution is -2.54. The van der Waals surface area contributed by atoms with Gasteiger partial charge in [-0.05, 0) is 12.3 Å². The van der Waals surface area contributed by atoms with Gasteiger partial charge in [-0.1, -0.05) is 13.8 Å². The monoisotopic (exact) mass is 303 g/mol. The Balaban J connectivity index is 4.86. The zero-order valence-corrected chi connectivity index (χ0v) is 12.0. The summed E-state index contributed by atoms with van der Waals surface area (Å²) in [6, 6.07) is -2.27. The molecule has 0 heterocycles. The Bertz CT molecular complexity index is 410. The summed E-state index contributed by atoms with van der Waals surface area (Å²) in [5.74, 6) is -4.08. The molecule has 0 radical (unpaired) electrons. The Kier molecular flexibility index (Phi) is 7.99. The van der Waals surface area contributed by atoms with Crippen LogP contribution in [0.15, 0.2) is 0 Å². The van der Waals surface area contributed by atoms with Gasteiger partial charge in [-0.25, -0.2) is 4.79 Å². The molecule has 0 aromatic heterocycles. The minimum atomic E-state index is -1.21. The molecule has 21 heavy (non-hydrogen) atoms. The van der Waals surface area contributed by atoms with E-state index in [4.69, 9.17) is 15.9 Å². The first-order valence-electron chi connectivity index (χ1n) is 6.43. The first-order valence-corrected chi connectivity index (χ1v) is 6.43. The maximum Gasteiger partial charge on any atom is 0.326 e. The second kappa shape index (κ2) is 8.90. The van der Waals surface area contributed by atoms with Crippen LogP contribution in [0.3, 0.4) is 0 Å². The number of amides is 2. The van der Waals surface area contributed by atoms with Gasteiger partial charge in [0.1, 0.15) is 12.1 Å². The average Bonchev–Trinajstić information content (AvgIpc) is 2.38. The number of hydrogen-bond donors (Lipinski definition) is 5. The minimum absolute atomic E-state index is 0.155. The van der Waals surface area contributed by atoms with Crippen molar-refractivity contribution in [3.05, 3.63) is 0 Å². The summed E-state index contributed by atoms with van der Waals surface area (Å²) in [6.45, 7) is 2.87. The molecule has 6 N–H and O–H groups in total. The van der Waals surface area contributed by atoms with Gasteiger partial charge >= 0.3 is 11.9 Å². The van der Waals surface area contributed by atoms with E-state index < -0.39 is 35.8 Å². The minimum Gasteiger partial charge on any atom is -0.481 e. The molecule has 0 fully saturated rings. The van der Waals surface area contributed by atoms with Crippen LogP contribution in [0.1, 0.15) is 26.7 Å². The molecule has 0 aliphatic heterocycles. The number of rotatable bonds is 9. The standard InChI is InChI=1S/C12H21N3O6/c1-6(2)10(12(20)21)15-11(19)7(3-4-9(17)18)14-8(16)5-13/h6-7,10H,3-5,13H2,1-2H3,(H,14,16)(H,15,19)(H,17,18)(H,20,21). The van der Waals surface area contributed by atoms with Crippen LogP contribution in [0.2, 0.25) is 0 Å². The summed E-state index contributed by atoms with van der Waals surface area (Å²) in [4.78, 5) is 44.8. The maximum absolute atomic E-state index is 12.0. The third kappa shape index (κ3) is 7.25. The molecular formula is C12H21N3O6. The number of nitrogens with one attached hydrogen (secondary N) is 2. The van der Waals surface area contributed by atoms with E-state index in [0.29, 0.717) is 0 Å². The van der Waals surface area contributed by atoms with Gasteiger partial charge in [-0.15, -0.1) is 0 Å². The second-order valence-corrected chi connectivity index (χ2v) is 4.83. The fourth-order valence-corrected chi connectivity index (χ4v) is 1.56. The zero-order valence-electron chi connectivity index (χ0n) is 12.0. The molecule has 0 aliphatic rings. The third-order valence-corrected chi connectivity index (χ3v) is 2.71. The topological polar surface area (TPSA) is 159 Å². The predicted molar refractivity (Wildman–Crippen MR) is 72.3 cm³/mol. The van der Waals surface area contributed by atoms with E-state index in [0.717, 1.165) is 0 Å². The van der Waals surface area contributed by atoms with Gasteiger partial charge < -0.3 is 26.6 Å². The highest BCUT2D eigenvalue weighted by atomic mass is 16.4. The lowest BCUT2D eigenvalue weighted by molar-refractivity contribution is -0.144. The molecule has 0 saturated carbocycles. The van der Waals surface area contributed by atoms with E-state index in [1.165, 1.54) is 0 Å². The molecule has 0 aromatic carbocycles. The Morgan fingerprint density at radius 2 is 1.67 bits per heavy atom. The van der Waals surface area contributed by atoms with E-state index >= 15 is 0 Å². The van der Waals surface area contributed by atoms with Crippen molar-refractivity contribution in [1.29, 1.82) is 0 Å². The summed E-state index contributed by atoms with van der Waals surface area (Å²) >= 11 is 0. The van der Waals surface area contributed by atoms with Crippen molar-refractivity contribution in [2.75, 3.05) is 6.54 Å². The molecule has 0 aromatic rings. The summed E-state index contributed by atoms with van der Waals surface area (Å²) in [5.41, 5.74) is 5.12. The van der Waals surface area contributed by atoms with E-state index in [1.807, 2.05) is 0 Å². The molecule has 0 saturated heterocycles. The normalized spacial score (nSPS) is 13.3.